The Morgan fingerprint density at radius 2 is 1.72 bits per heavy atom. The van der Waals surface area contributed by atoms with Crippen LogP contribution in [-0.2, 0) is 9.59 Å². The zero-order valence-corrected chi connectivity index (χ0v) is 9.17. The van der Waals surface area contributed by atoms with Crippen LogP contribution >= 0.6 is 0 Å². The van der Waals surface area contributed by atoms with E-state index in [-0.39, 0.29) is 0 Å². The summed E-state index contributed by atoms with van der Waals surface area (Å²) in [6.45, 7) is 0.493. The van der Waals surface area contributed by atoms with Crippen molar-refractivity contribution in [2.75, 3.05) is 6.54 Å². The van der Waals surface area contributed by atoms with Gasteiger partial charge < -0.3 is 10.0 Å². The van der Waals surface area contributed by atoms with E-state index >= 15 is 0 Å². The fourth-order valence-corrected chi connectivity index (χ4v) is 2.04. The topological polar surface area (TPSA) is 57.6 Å². The number of aliphatic carboxylic acids is 1. The third kappa shape index (κ3) is 2.25. The minimum Gasteiger partial charge on any atom is -0.480 e. The SMILES string of the molecule is CC(=O)N1CC[C@H](C(F)(F)C(F)(F)F)[C@H]1C(=O)O. The number of nitrogens with zero attached hydrogens (tertiary/aromatic N) is 1. The van der Waals surface area contributed by atoms with Gasteiger partial charge in [-0.25, -0.2) is 4.79 Å². The Morgan fingerprint density at radius 3 is 2.06 bits per heavy atom. The summed E-state index contributed by atoms with van der Waals surface area (Å²) in [4.78, 5) is 22.3. The summed E-state index contributed by atoms with van der Waals surface area (Å²) in [6.07, 6.45) is -6.54. The van der Waals surface area contributed by atoms with Gasteiger partial charge in [-0.2, -0.15) is 22.0 Å². The monoisotopic (exact) mass is 275 g/mol. The van der Waals surface area contributed by atoms with Crippen molar-refractivity contribution in [3.05, 3.63) is 0 Å². The third-order valence-electron chi connectivity index (χ3n) is 2.90. The average Bonchev–Trinajstić information content (AvgIpc) is 2.59. The van der Waals surface area contributed by atoms with Gasteiger partial charge in [0.2, 0.25) is 5.91 Å². The Morgan fingerprint density at radius 1 is 1.22 bits per heavy atom. The van der Waals surface area contributed by atoms with E-state index in [1.54, 1.807) is 0 Å². The average molecular weight is 275 g/mol. The molecular formula is C9H10F5NO3. The normalized spacial score (nSPS) is 25.3. The molecule has 1 fully saturated rings. The predicted octanol–water partition coefficient (Wildman–Crippen LogP) is 1.51. The van der Waals surface area contributed by atoms with Crippen LogP contribution in [0.2, 0.25) is 0 Å². The van der Waals surface area contributed by atoms with E-state index in [1.807, 2.05) is 0 Å². The van der Waals surface area contributed by atoms with E-state index in [0.717, 1.165) is 6.92 Å². The van der Waals surface area contributed by atoms with Crippen molar-refractivity contribution in [3.63, 3.8) is 0 Å². The highest BCUT2D eigenvalue weighted by Crippen LogP contribution is 2.47. The molecule has 104 valence electrons. The summed E-state index contributed by atoms with van der Waals surface area (Å²) in [5.41, 5.74) is 0. The lowest BCUT2D eigenvalue weighted by Gasteiger charge is -2.30. The number of hydrogen-bond donors (Lipinski definition) is 1. The van der Waals surface area contributed by atoms with E-state index in [1.165, 1.54) is 0 Å². The Kier molecular flexibility index (Phi) is 3.55. The number of carbonyl (C=O) groups excluding carboxylic acids is 1. The van der Waals surface area contributed by atoms with E-state index < -0.39 is 48.9 Å². The first kappa shape index (κ1) is 14.7. The minimum absolute atomic E-state index is 0.428. The van der Waals surface area contributed by atoms with Crippen molar-refractivity contribution < 1.29 is 36.6 Å². The summed E-state index contributed by atoms with van der Waals surface area (Å²) in [7, 11) is 0. The van der Waals surface area contributed by atoms with Gasteiger partial charge in [-0.15, -0.1) is 0 Å². The Bertz CT molecular complexity index is 368. The highest BCUT2D eigenvalue weighted by atomic mass is 19.4. The zero-order valence-electron chi connectivity index (χ0n) is 9.17. The van der Waals surface area contributed by atoms with Crippen LogP contribution < -0.4 is 0 Å². The molecule has 1 amide bonds. The van der Waals surface area contributed by atoms with Gasteiger partial charge in [-0.3, -0.25) is 4.79 Å². The van der Waals surface area contributed by atoms with Gasteiger partial charge in [0.25, 0.3) is 0 Å². The van der Waals surface area contributed by atoms with E-state index in [2.05, 4.69) is 0 Å². The van der Waals surface area contributed by atoms with Crippen LogP contribution in [0.3, 0.4) is 0 Å². The molecule has 2 atom stereocenters. The molecule has 1 N–H and O–H groups in total. The second kappa shape index (κ2) is 4.36. The number of halogens is 5. The lowest BCUT2D eigenvalue weighted by Crippen LogP contribution is -2.52. The van der Waals surface area contributed by atoms with Crippen LogP contribution in [0.15, 0.2) is 0 Å². The van der Waals surface area contributed by atoms with Crippen molar-refractivity contribution in [2.24, 2.45) is 5.92 Å². The lowest BCUT2D eigenvalue weighted by atomic mass is 9.92. The predicted molar refractivity (Wildman–Crippen MR) is 47.9 cm³/mol. The fourth-order valence-electron chi connectivity index (χ4n) is 2.04. The van der Waals surface area contributed by atoms with Gasteiger partial charge >= 0.3 is 18.1 Å². The first-order chi connectivity index (χ1) is 8.00. The third-order valence-corrected chi connectivity index (χ3v) is 2.90. The van der Waals surface area contributed by atoms with Crippen molar-refractivity contribution in [2.45, 2.75) is 31.5 Å². The summed E-state index contributed by atoms with van der Waals surface area (Å²) < 4.78 is 62.9. The van der Waals surface area contributed by atoms with Crippen LogP contribution in [0.25, 0.3) is 0 Å². The van der Waals surface area contributed by atoms with Gasteiger partial charge in [0.1, 0.15) is 6.04 Å². The largest absolute Gasteiger partial charge is 0.480 e. The maximum Gasteiger partial charge on any atom is 0.453 e. The molecule has 0 aromatic rings. The molecule has 1 saturated heterocycles. The first-order valence-electron chi connectivity index (χ1n) is 4.94. The molecule has 0 aromatic carbocycles. The quantitative estimate of drug-likeness (QED) is 0.777. The second-order valence-corrected chi connectivity index (χ2v) is 4.01. The summed E-state index contributed by atoms with van der Waals surface area (Å²) in [5.74, 6) is -10.3. The van der Waals surface area contributed by atoms with Crippen LogP contribution in [-0.4, -0.2) is 46.6 Å². The Hall–Kier alpha value is -1.41. The summed E-state index contributed by atoms with van der Waals surface area (Å²) in [6, 6.07) is -2.15. The molecule has 4 nitrogen and oxygen atoms in total. The maximum atomic E-state index is 13.2. The van der Waals surface area contributed by atoms with Crippen LogP contribution in [0.4, 0.5) is 22.0 Å². The second-order valence-electron chi connectivity index (χ2n) is 4.01. The lowest BCUT2D eigenvalue weighted by molar-refractivity contribution is -0.304. The summed E-state index contributed by atoms with van der Waals surface area (Å²) >= 11 is 0. The number of carboxylic acid groups (broad SMARTS) is 1. The fraction of sp³-hybridized carbons (Fsp3) is 0.778. The number of alkyl halides is 5. The van der Waals surface area contributed by atoms with Crippen LogP contribution in [0, 0.1) is 5.92 Å². The smallest absolute Gasteiger partial charge is 0.453 e. The van der Waals surface area contributed by atoms with Crippen molar-refractivity contribution in [1.82, 2.24) is 4.90 Å². The number of hydrogen-bond acceptors (Lipinski definition) is 2. The molecule has 0 radical (unpaired) electrons. The molecule has 1 aliphatic heterocycles. The van der Waals surface area contributed by atoms with E-state index in [0.29, 0.717) is 4.90 Å². The van der Waals surface area contributed by atoms with Gasteiger partial charge in [-0.1, -0.05) is 0 Å². The number of carbonyl (C=O) groups is 2. The van der Waals surface area contributed by atoms with E-state index in [9.17, 15) is 31.5 Å². The molecule has 18 heavy (non-hydrogen) atoms. The van der Waals surface area contributed by atoms with Crippen molar-refractivity contribution in [3.8, 4) is 0 Å². The van der Waals surface area contributed by atoms with Gasteiger partial charge in [0.05, 0.1) is 5.92 Å². The molecule has 0 saturated carbocycles. The number of amides is 1. The van der Waals surface area contributed by atoms with Crippen LogP contribution in [0.1, 0.15) is 13.3 Å². The molecule has 0 spiro atoms. The number of rotatable bonds is 2. The molecule has 0 aromatic heterocycles. The molecular weight excluding hydrogens is 265 g/mol. The minimum atomic E-state index is -5.84. The molecule has 0 unspecified atom stereocenters. The standard InChI is InChI=1S/C9H10F5NO3/c1-4(16)15-3-2-5(6(15)7(17)18)8(10,11)9(12,13)14/h5-6H,2-3H2,1H3,(H,17,18)/t5-,6-/m0/s1. The van der Waals surface area contributed by atoms with Crippen LogP contribution in [0.5, 0.6) is 0 Å². The molecule has 9 heteroatoms. The van der Waals surface area contributed by atoms with Crippen molar-refractivity contribution >= 4 is 11.9 Å². The van der Waals surface area contributed by atoms with Gasteiger partial charge in [0, 0.05) is 13.5 Å². The Balaban J connectivity index is 3.11. The van der Waals surface area contributed by atoms with Gasteiger partial charge in [0.15, 0.2) is 0 Å². The number of likely N-dealkylation sites (tertiary alicyclic amines) is 1. The van der Waals surface area contributed by atoms with Crippen molar-refractivity contribution in [1.29, 1.82) is 0 Å². The molecule has 1 heterocycles. The molecule has 0 aliphatic carbocycles. The maximum absolute atomic E-state index is 13.2. The Labute approximate surface area is 98.4 Å². The first-order valence-corrected chi connectivity index (χ1v) is 4.94. The van der Waals surface area contributed by atoms with E-state index in [4.69, 9.17) is 5.11 Å². The molecule has 0 bridgehead atoms. The zero-order chi connectivity index (χ0) is 14.3. The number of carboxylic acids is 1. The summed E-state index contributed by atoms with van der Waals surface area (Å²) in [5, 5.41) is 8.74. The van der Waals surface area contributed by atoms with Gasteiger partial charge in [-0.05, 0) is 6.42 Å². The molecule has 1 aliphatic rings. The molecule has 1 rings (SSSR count). The highest BCUT2D eigenvalue weighted by Gasteiger charge is 2.67. The highest BCUT2D eigenvalue weighted by molar-refractivity contribution is 5.83.